The molecule has 2 unspecified atom stereocenters. The molecule has 1 saturated heterocycles. The van der Waals surface area contributed by atoms with Crippen LogP contribution < -0.4 is 5.32 Å². The number of carbonyl (C=O) groups is 1. The molecule has 1 aliphatic heterocycles. The van der Waals surface area contributed by atoms with E-state index in [4.69, 9.17) is 4.74 Å². The Labute approximate surface area is 113 Å². The Kier molecular flexibility index (Phi) is 3.53. The molecule has 3 heteroatoms. The number of hydrogen-bond acceptors (Lipinski definition) is 3. The first-order valence-electron chi connectivity index (χ1n) is 7.00. The van der Waals surface area contributed by atoms with Gasteiger partial charge in [-0.25, -0.2) is 4.79 Å². The molecular weight excluding hydrogens is 238 g/mol. The molecule has 1 aliphatic carbocycles. The Morgan fingerprint density at radius 2 is 2.16 bits per heavy atom. The van der Waals surface area contributed by atoms with Crippen LogP contribution in [0, 0.1) is 5.92 Å². The summed E-state index contributed by atoms with van der Waals surface area (Å²) in [7, 11) is 0. The quantitative estimate of drug-likeness (QED) is 0.846. The van der Waals surface area contributed by atoms with E-state index in [-0.39, 0.29) is 12.0 Å². The minimum atomic E-state index is -0.155. The van der Waals surface area contributed by atoms with Crippen molar-refractivity contribution in [3.8, 4) is 0 Å². The first kappa shape index (κ1) is 12.3. The maximum Gasteiger partial charge on any atom is 0.328 e. The van der Waals surface area contributed by atoms with Crippen LogP contribution >= 0.6 is 0 Å². The van der Waals surface area contributed by atoms with Gasteiger partial charge >= 0.3 is 5.97 Å². The highest BCUT2D eigenvalue weighted by Crippen LogP contribution is 2.32. The largest absolute Gasteiger partial charge is 0.459 e. The van der Waals surface area contributed by atoms with E-state index in [0.717, 1.165) is 18.4 Å². The zero-order valence-corrected chi connectivity index (χ0v) is 11.0. The van der Waals surface area contributed by atoms with Crippen LogP contribution in [0.5, 0.6) is 0 Å². The summed E-state index contributed by atoms with van der Waals surface area (Å²) in [5.41, 5.74) is 2.29. The van der Waals surface area contributed by atoms with Crippen molar-refractivity contribution in [3.05, 3.63) is 47.7 Å². The standard InChI is InChI=1S/C16H19NO2/c18-16(19-11-12-6-2-1-3-7-12)15-10-13-8-4-5-9-14(13)17-15/h1-3,6-7,9,13,15,17H,4-5,8,10-11H2. The topological polar surface area (TPSA) is 38.3 Å². The summed E-state index contributed by atoms with van der Waals surface area (Å²) in [5.74, 6) is 0.419. The number of ether oxygens (including phenoxy) is 1. The minimum absolute atomic E-state index is 0.126. The molecule has 3 nitrogen and oxygen atoms in total. The van der Waals surface area contributed by atoms with Gasteiger partial charge in [0.1, 0.15) is 12.6 Å². The number of rotatable bonds is 3. The molecule has 19 heavy (non-hydrogen) atoms. The lowest BCUT2D eigenvalue weighted by molar-refractivity contribution is -0.147. The number of esters is 1. The highest BCUT2D eigenvalue weighted by atomic mass is 16.5. The zero-order valence-electron chi connectivity index (χ0n) is 11.0. The summed E-state index contributed by atoms with van der Waals surface area (Å²) in [6.07, 6.45) is 6.69. The van der Waals surface area contributed by atoms with Gasteiger partial charge in [0.05, 0.1) is 0 Å². The molecule has 100 valence electrons. The maximum absolute atomic E-state index is 12.1. The molecule has 0 spiro atoms. The van der Waals surface area contributed by atoms with Crippen molar-refractivity contribution in [2.45, 2.75) is 38.3 Å². The van der Waals surface area contributed by atoms with Crippen LogP contribution in [-0.4, -0.2) is 12.0 Å². The second kappa shape index (κ2) is 5.47. The number of nitrogens with one attached hydrogen (secondary N) is 1. The van der Waals surface area contributed by atoms with Gasteiger partial charge in [-0.1, -0.05) is 36.4 Å². The van der Waals surface area contributed by atoms with E-state index in [1.807, 2.05) is 30.3 Å². The fourth-order valence-electron chi connectivity index (χ4n) is 2.89. The average molecular weight is 257 g/mol. The molecular formula is C16H19NO2. The summed E-state index contributed by atoms with van der Waals surface area (Å²) in [6.45, 7) is 0.363. The van der Waals surface area contributed by atoms with Crippen molar-refractivity contribution < 1.29 is 9.53 Å². The number of carbonyl (C=O) groups excluding carboxylic acids is 1. The van der Waals surface area contributed by atoms with Gasteiger partial charge in [-0.2, -0.15) is 0 Å². The van der Waals surface area contributed by atoms with Crippen molar-refractivity contribution in [2.24, 2.45) is 5.92 Å². The van der Waals surface area contributed by atoms with Gasteiger partial charge in [-0.05, 0) is 31.2 Å². The second-order valence-electron chi connectivity index (χ2n) is 5.31. The van der Waals surface area contributed by atoms with Crippen molar-refractivity contribution in [2.75, 3.05) is 0 Å². The molecule has 3 rings (SSSR count). The van der Waals surface area contributed by atoms with Crippen molar-refractivity contribution in [1.29, 1.82) is 0 Å². The molecule has 1 aromatic rings. The lowest BCUT2D eigenvalue weighted by Gasteiger charge is -2.15. The highest BCUT2D eigenvalue weighted by molar-refractivity contribution is 5.77. The van der Waals surface area contributed by atoms with Gasteiger partial charge in [-0.15, -0.1) is 0 Å². The number of fused-ring (bicyclic) bond motifs is 1. The number of hydrogen-bond donors (Lipinski definition) is 1. The van der Waals surface area contributed by atoms with E-state index in [1.54, 1.807) is 0 Å². The number of benzene rings is 1. The third kappa shape index (κ3) is 2.80. The lowest BCUT2D eigenvalue weighted by atomic mass is 9.91. The summed E-state index contributed by atoms with van der Waals surface area (Å²) >= 11 is 0. The Hall–Kier alpha value is -1.77. The molecule has 0 radical (unpaired) electrons. The molecule has 0 amide bonds. The highest BCUT2D eigenvalue weighted by Gasteiger charge is 2.34. The van der Waals surface area contributed by atoms with E-state index in [0.29, 0.717) is 12.5 Å². The van der Waals surface area contributed by atoms with E-state index in [1.165, 1.54) is 18.5 Å². The van der Waals surface area contributed by atoms with E-state index in [2.05, 4.69) is 11.4 Å². The molecule has 1 N–H and O–H groups in total. The van der Waals surface area contributed by atoms with Gasteiger partial charge in [0.25, 0.3) is 0 Å². The van der Waals surface area contributed by atoms with Crippen LogP contribution in [0.1, 0.15) is 31.2 Å². The Bertz CT molecular complexity index is 481. The third-order valence-electron chi connectivity index (χ3n) is 3.93. The molecule has 1 fully saturated rings. The summed E-state index contributed by atoms with van der Waals surface area (Å²) < 4.78 is 5.39. The second-order valence-corrected chi connectivity index (χ2v) is 5.31. The van der Waals surface area contributed by atoms with Crippen LogP contribution in [0.3, 0.4) is 0 Å². The first-order valence-corrected chi connectivity index (χ1v) is 7.00. The van der Waals surface area contributed by atoms with Gasteiger partial charge in [0.2, 0.25) is 0 Å². The van der Waals surface area contributed by atoms with Crippen LogP contribution in [0.15, 0.2) is 42.1 Å². The van der Waals surface area contributed by atoms with Gasteiger partial charge in [0.15, 0.2) is 0 Å². The molecule has 1 aromatic carbocycles. The zero-order chi connectivity index (χ0) is 13.1. The van der Waals surface area contributed by atoms with Crippen molar-refractivity contribution in [3.63, 3.8) is 0 Å². The predicted octanol–water partition coefficient (Wildman–Crippen LogP) is 2.78. The average Bonchev–Trinajstić information content (AvgIpc) is 2.90. The van der Waals surface area contributed by atoms with Crippen molar-refractivity contribution in [1.82, 2.24) is 5.32 Å². The van der Waals surface area contributed by atoms with E-state index < -0.39 is 0 Å². The maximum atomic E-state index is 12.1. The van der Waals surface area contributed by atoms with Crippen LogP contribution in [-0.2, 0) is 16.1 Å². The third-order valence-corrected chi connectivity index (χ3v) is 3.93. The Morgan fingerprint density at radius 3 is 2.95 bits per heavy atom. The molecule has 1 heterocycles. The predicted molar refractivity (Wildman–Crippen MR) is 73.2 cm³/mol. The van der Waals surface area contributed by atoms with Gasteiger partial charge in [0, 0.05) is 11.6 Å². The van der Waals surface area contributed by atoms with Crippen LogP contribution in [0.2, 0.25) is 0 Å². The normalized spacial score (nSPS) is 25.2. The molecule has 0 saturated carbocycles. The fourth-order valence-corrected chi connectivity index (χ4v) is 2.89. The molecule has 0 bridgehead atoms. The molecule has 2 atom stereocenters. The van der Waals surface area contributed by atoms with Gasteiger partial charge in [-0.3, -0.25) is 0 Å². The molecule has 2 aliphatic rings. The van der Waals surface area contributed by atoms with Crippen molar-refractivity contribution >= 4 is 5.97 Å². The summed E-state index contributed by atoms with van der Waals surface area (Å²) in [6, 6.07) is 9.65. The summed E-state index contributed by atoms with van der Waals surface area (Å²) in [5, 5.41) is 3.32. The fraction of sp³-hybridized carbons (Fsp3) is 0.438. The summed E-state index contributed by atoms with van der Waals surface area (Å²) in [4.78, 5) is 12.1. The first-order chi connectivity index (χ1) is 9.33. The Morgan fingerprint density at radius 1 is 1.32 bits per heavy atom. The Balaban J connectivity index is 1.54. The van der Waals surface area contributed by atoms with Crippen LogP contribution in [0.4, 0.5) is 0 Å². The van der Waals surface area contributed by atoms with Crippen LogP contribution in [0.25, 0.3) is 0 Å². The molecule has 0 aromatic heterocycles. The minimum Gasteiger partial charge on any atom is -0.459 e. The number of allylic oxidation sites excluding steroid dienone is 2. The monoisotopic (exact) mass is 257 g/mol. The lowest BCUT2D eigenvalue weighted by Crippen LogP contribution is -2.31. The van der Waals surface area contributed by atoms with E-state index in [9.17, 15) is 4.79 Å². The smallest absolute Gasteiger partial charge is 0.328 e. The SMILES string of the molecule is O=C(OCc1ccccc1)C1CC2CCCC=C2N1. The van der Waals surface area contributed by atoms with E-state index >= 15 is 0 Å². The van der Waals surface area contributed by atoms with Gasteiger partial charge < -0.3 is 10.1 Å².